The standard InChI is InChI=1S/C22H20O5S/c1-25-17-8-10-19(21(12-17)26-2)20(23)13-27-22(24)14-28-18-9-7-15-5-3-4-6-16(15)11-18/h3-12H,13-14H2,1-2H3. The fourth-order valence-corrected chi connectivity index (χ4v) is 3.44. The largest absolute Gasteiger partial charge is 0.497 e. The molecule has 0 aliphatic rings. The summed E-state index contributed by atoms with van der Waals surface area (Å²) in [5.74, 6) is 0.316. The molecule has 28 heavy (non-hydrogen) atoms. The van der Waals surface area contributed by atoms with Crippen molar-refractivity contribution in [3.05, 3.63) is 66.2 Å². The molecule has 0 saturated carbocycles. The lowest BCUT2D eigenvalue weighted by atomic mass is 10.1. The van der Waals surface area contributed by atoms with Crippen LogP contribution in [-0.2, 0) is 9.53 Å². The number of ketones is 1. The maximum Gasteiger partial charge on any atom is 0.316 e. The molecule has 0 saturated heterocycles. The smallest absolute Gasteiger partial charge is 0.316 e. The topological polar surface area (TPSA) is 61.8 Å². The summed E-state index contributed by atoms with van der Waals surface area (Å²) in [7, 11) is 3.00. The van der Waals surface area contributed by atoms with Crippen molar-refractivity contribution in [3.8, 4) is 11.5 Å². The van der Waals surface area contributed by atoms with Crippen molar-refractivity contribution in [1.82, 2.24) is 0 Å². The maximum absolute atomic E-state index is 12.3. The molecule has 0 atom stereocenters. The Labute approximate surface area is 167 Å². The molecule has 3 rings (SSSR count). The number of fused-ring (bicyclic) bond motifs is 1. The van der Waals surface area contributed by atoms with Gasteiger partial charge in [0.05, 0.1) is 25.5 Å². The highest BCUT2D eigenvalue weighted by atomic mass is 32.2. The van der Waals surface area contributed by atoms with Gasteiger partial charge in [0.25, 0.3) is 0 Å². The number of carbonyl (C=O) groups is 2. The molecule has 0 amide bonds. The van der Waals surface area contributed by atoms with Crippen molar-refractivity contribution < 1.29 is 23.8 Å². The van der Waals surface area contributed by atoms with Gasteiger partial charge in [-0.15, -0.1) is 11.8 Å². The molecule has 0 aliphatic heterocycles. The predicted molar refractivity (Wildman–Crippen MR) is 110 cm³/mol. The second-order valence-corrected chi connectivity index (χ2v) is 7.00. The van der Waals surface area contributed by atoms with Gasteiger partial charge in [-0.25, -0.2) is 0 Å². The molecule has 0 heterocycles. The van der Waals surface area contributed by atoms with Gasteiger partial charge < -0.3 is 14.2 Å². The third-order valence-electron chi connectivity index (χ3n) is 4.15. The monoisotopic (exact) mass is 396 g/mol. The van der Waals surface area contributed by atoms with Crippen molar-refractivity contribution in [1.29, 1.82) is 0 Å². The van der Waals surface area contributed by atoms with Gasteiger partial charge in [0.15, 0.2) is 6.61 Å². The summed E-state index contributed by atoms with van der Waals surface area (Å²) in [6.45, 7) is -0.334. The number of esters is 1. The van der Waals surface area contributed by atoms with Crippen LogP contribution in [0.15, 0.2) is 65.6 Å². The van der Waals surface area contributed by atoms with Crippen LogP contribution in [0.3, 0.4) is 0 Å². The zero-order valence-electron chi connectivity index (χ0n) is 15.6. The Morgan fingerprint density at radius 1 is 0.893 bits per heavy atom. The van der Waals surface area contributed by atoms with E-state index in [2.05, 4.69) is 0 Å². The summed E-state index contributed by atoms with van der Waals surface area (Å²) < 4.78 is 15.4. The number of hydrogen-bond donors (Lipinski definition) is 0. The van der Waals surface area contributed by atoms with Crippen LogP contribution in [0, 0.1) is 0 Å². The second kappa shape index (κ2) is 9.28. The Morgan fingerprint density at radius 2 is 1.68 bits per heavy atom. The van der Waals surface area contributed by atoms with Gasteiger partial charge in [-0.1, -0.05) is 30.3 Å². The van der Waals surface area contributed by atoms with Gasteiger partial charge in [-0.05, 0) is 35.0 Å². The molecule has 0 radical (unpaired) electrons. The number of ether oxygens (including phenoxy) is 3. The number of hydrogen-bond acceptors (Lipinski definition) is 6. The van der Waals surface area contributed by atoms with Gasteiger partial charge in [-0.3, -0.25) is 9.59 Å². The summed E-state index contributed by atoms with van der Waals surface area (Å²) in [6, 6.07) is 18.9. The lowest BCUT2D eigenvalue weighted by Crippen LogP contribution is -2.16. The summed E-state index contributed by atoms with van der Waals surface area (Å²) in [4.78, 5) is 25.3. The first-order chi connectivity index (χ1) is 13.6. The molecule has 6 heteroatoms. The minimum Gasteiger partial charge on any atom is -0.497 e. The Balaban J connectivity index is 1.54. The van der Waals surface area contributed by atoms with Gasteiger partial charge in [0, 0.05) is 11.0 Å². The highest BCUT2D eigenvalue weighted by molar-refractivity contribution is 8.00. The van der Waals surface area contributed by atoms with Crippen molar-refractivity contribution in [2.24, 2.45) is 0 Å². The highest BCUT2D eigenvalue weighted by Crippen LogP contribution is 2.26. The zero-order chi connectivity index (χ0) is 19.9. The fourth-order valence-electron chi connectivity index (χ4n) is 2.69. The molecule has 0 aliphatic carbocycles. The Bertz CT molecular complexity index is 999. The van der Waals surface area contributed by atoms with Gasteiger partial charge in [-0.2, -0.15) is 0 Å². The number of rotatable bonds is 8. The van der Waals surface area contributed by atoms with Crippen molar-refractivity contribution in [2.75, 3.05) is 26.6 Å². The third kappa shape index (κ3) is 4.84. The molecule has 0 aromatic heterocycles. The van der Waals surface area contributed by atoms with E-state index >= 15 is 0 Å². The van der Waals surface area contributed by atoms with Crippen LogP contribution in [0.5, 0.6) is 11.5 Å². The Kier molecular flexibility index (Phi) is 6.55. The lowest BCUT2D eigenvalue weighted by molar-refractivity contribution is -0.139. The molecule has 3 aromatic rings. The Hall–Kier alpha value is -2.99. The molecule has 0 N–H and O–H groups in total. The van der Waals surface area contributed by atoms with Gasteiger partial charge >= 0.3 is 5.97 Å². The molecule has 0 unspecified atom stereocenters. The van der Waals surface area contributed by atoms with Crippen LogP contribution < -0.4 is 9.47 Å². The van der Waals surface area contributed by atoms with Gasteiger partial charge in [0.1, 0.15) is 11.5 Å². The summed E-state index contributed by atoms with van der Waals surface area (Å²) >= 11 is 1.38. The fraction of sp³-hybridized carbons (Fsp3) is 0.182. The van der Waals surface area contributed by atoms with Crippen LogP contribution in [0.25, 0.3) is 10.8 Å². The predicted octanol–water partition coefficient (Wildman–Crippen LogP) is 4.38. The molecule has 144 valence electrons. The van der Waals surface area contributed by atoms with E-state index in [9.17, 15) is 9.59 Å². The second-order valence-electron chi connectivity index (χ2n) is 5.95. The maximum atomic E-state index is 12.3. The number of benzene rings is 3. The van der Waals surface area contributed by atoms with E-state index in [1.807, 2.05) is 42.5 Å². The quantitative estimate of drug-likeness (QED) is 0.320. The lowest BCUT2D eigenvalue weighted by Gasteiger charge is -2.10. The molecular weight excluding hydrogens is 376 g/mol. The first-order valence-corrected chi connectivity index (χ1v) is 9.61. The van der Waals surface area contributed by atoms with E-state index in [0.29, 0.717) is 17.1 Å². The van der Waals surface area contributed by atoms with Crippen LogP contribution in [0.4, 0.5) is 0 Å². The SMILES string of the molecule is COc1ccc(C(=O)COC(=O)CSc2ccc3ccccc3c2)c(OC)c1. The van der Waals surface area contributed by atoms with E-state index in [1.54, 1.807) is 18.2 Å². The molecular formula is C22H20O5S. The number of Topliss-reactive ketones (excluding diaryl/α,β-unsaturated/α-hetero) is 1. The summed E-state index contributed by atoms with van der Waals surface area (Å²) in [6.07, 6.45) is 0. The number of carbonyl (C=O) groups excluding carboxylic acids is 2. The summed E-state index contributed by atoms with van der Waals surface area (Å²) in [5, 5.41) is 2.26. The normalized spacial score (nSPS) is 10.5. The molecule has 0 bridgehead atoms. The van der Waals surface area contributed by atoms with E-state index < -0.39 is 5.97 Å². The first kappa shape index (κ1) is 19.8. The van der Waals surface area contributed by atoms with Crippen molar-refractivity contribution in [2.45, 2.75) is 4.90 Å². The van der Waals surface area contributed by atoms with Crippen molar-refractivity contribution >= 4 is 34.3 Å². The highest BCUT2D eigenvalue weighted by Gasteiger charge is 2.15. The summed E-state index contributed by atoms with van der Waals surface area (Å²) in [5.41, 5.74) is 0.346. The molecule has 0 fully saturated rings. The van der Waals surface area contributed by atoms with E-state index in [1.165, 1.54) is 26.0 Å². The van der Waals surface area contributed by atoms with Crippen molar-refractivity contribution in [3.63, 3.8) is 0 Å². The molecule has 3 aromatic carbocycles. The van der Waals surface area contributed by atoms with Crippen LogP contribution >= 0.6 is 11.8 Å². The van der Waals surface area contributed by atoms with E-state index in [4.69, 9.17) is 14.2 Å². The zero-order valence-corrected chi connectivity index (χ0v) is 16.5. The van der Waals surface area contributed by atoms with Crippen LogP contribution in [0.2, 0.25) is 0 Å². The number of thioether (sulfide) groups is 1. The van der Waals surface area contributed by atoms with Crippen LogP contribution in [-0.4, -0.2) is 38.3 Å². The third-order valence-corrected chi connectivity index (χ3v) is 5.12. The van der Waals surface area contributed by atoms with E-state index in [0.717, 1.165) is 15.7 Å². The molecule has 0 spiro atoms. The Morgan fingerprint density at radius 3 is 2.43 bits per heavy atom. The minimum atomic E-state index is -0.445. The average molecular weight is 396 g/mol. The van der Waals surface area contributed by atoms with E-state index in [-0.39, 0.29) is 18.1 Å². The average Bonchev–Trinajstić information content (AvgIpc) is 2.75. The minimum absolute atomic E-state index is 0.130. The number of methoxy groups -OCH3 is 2. The van der Waals surface area contributed by atoms with Crippen LogP contribution in [0.1, 0.15) is 10.4 Å². The van der Waals surface area contributed by atoms with Gasteiger partial charge in [0.2, 0.25) is 5.78 Å². The molecule has 5 nitrogen and oxygen atoms in total. The first-order valence-electron chi connectivity index (χ1n) is 8.63.